The standard InChI is InChI=1S/C13H17N5O3S/c1-5-9-12(22-17-15-9)13(20)21-6-10(19)14-11-7(2)16-18(4)8(11)3/h5-6H2,1-4H3,(H,14,19). The average molecular weight is 323 g/mol. The Hall–Kier alpha value is -2.29. The lowest BCUT2D eigenvalue weighted by Gasteiger charge is -2.06. The van der Waals surface area contributed by atoms with Gasteiger partial charge in [-0.2, -0.15) is 5.10 Å². The molecule has 118 valence electrons. The normalized spacial score (nSPS) is 10.5. The molecule has 0 aliphatic heterocycles. The van der Waals surface area contributed by atoms with Crippen LogP contribution in [0.15, 0.2) is 0 Å². The van der Waals surface area contributed by atoms with Gasteiger partial charge in [-0.25, -0.2) is 4.79 Å². The zero-order valence-corrected chi connectivity index (χ0v) is 13.7. The third-order valence-corrected chi connectivity index (χ3v) is 3.93. The Bertz CT molecular complexity index is 707. The number of esters is 1. The van der Waals surface area contributed by atoms with E-state index in [1.807, 2.05) is 13.8 Å². The molecule has 1 amide bonds. The fourth-order valence-corrected chi connectivity index (χ4v) is 2.57. The van der Waals surface area contributed by atoms with Crippen molar-refractivity contribution >= 4 is 29.1 Å². The van der Waals surface area contributed by atoms with E-state index in [0.29, 0.717) is 28.4 Å². The fraction of sp³-hybridized carbons (Fsp3) is 0.462. The van der Waals surface area contributed by atoms with Crippen LogP contribution >= 0.6 is 11.5 Å². The highest BCUT2D eigenvalue weighted by Crippen LogP contribution is 2.18. The van der Waals surface area contributed by atoms with Gasteiger partial charge in [0.25, 0.3) is 5.91 Å². The predicted molar refractivity (Wildman–Crippen MR) is 80.9 cm³/mol. The van der Waals surface area contributed by atoms with Gasteiger partial charge in [0.15, 0.2) is 11.5 Å². The van der Waals surface area contributed by atoms with Crippen molar-refractivity contribution in [3.05, 3.63) is 22.0 Å². The van der Waals surface area contributed by atoms with E-state index in [1.165, 1.54) is 0 Å². The number of rotatable bonds is 5. The van der Waals surface area contributed by atoms with Crippen molar-refractivity contribution in [1.82, 2.24) is 19.4 Å². The van der Waals surface area contributed by atoms with E-state index in [0.717, 1.165) is 17.2 Å². The first-order valence-corrected chi connectivity index (χ1v) is 7.49. The molecule has 0 spiro atoms. The van der Waals surface area contributed by atoms with Gasteiger partial charge in [0, 0.05) is 7.05 Å². The molecule has 8 nitrogen and oxygen atoms in total. The molecule has 9 heteroatoms. The molecule has 0 aromatic carbocycles. The number of aryl methyl sites for hydroxylation is 3. The summed E-state index contributed by atoms with van der Waals surface area (Å²) in [6.07, 6.45) is 0.585. The molecule has 0 saturated carbocycles. The third kappa shape index (κ3) is 3.30. The van der Waals surface area contributed by atoms with Crippen molar-refractivity contribution in [2.24, 2.45) is 7.05 Å². The van der Waals surface area contributed by atoms with Crippen LogP contribution in [0, 0.1) is 13.8 Å². The van der Waals surface area contributed by atoms with Gasteiger partial charge in [-0.1, -0.05) is 11.4 Å². The van der Waals surface area contributed by atoms with Gasteiger partial charge in [0.1, 0.15) is 0 Å². The molecule has 2 heterocycles. The second-order valence-corrected chi connectivity index (χ2v) is 5.45. The van der Waals surface area contributed by atoms with E-state index in [9.17, 15) is 9.59 Å². The van der Waals surface area contributed by atoms with Crippen LogP contribution in [-0.2, 0) is 23.0 Å². The van der Waals surface area contributed by atoms with Crippen LogP contribution in [0.1, 0.15) is 33.7 Å². The number of carbonyl (C=O) groups excluding carboxylic acids is 2. The molecule has 22 heavy (non-hydrogen) atoms. The van der Waals surface area contributed by atoms with Crippen LogP contribution in [0.5, 0.6) is 0 Å². The largest absolute Gasteiger partial charge is 0.451 e. The monoisotopic (exact) mass is 323 g/mol. The number of amides is 1. The summed E-state index contributed by atoms with van der Waals surface area (Å²) in [5.41, 5.74) is 2.75. The Kier molecular flexibility index (Phi) is 4.86. The summed E-state index contributed by atoms with van der Waals surface area (Å²) < 4.78 is 10.4. The minimum Gasteiger partial charge on any atom is -0.451 e. The SMILES string of the molecule is CCc1nnsc1C(=O)OCC(=O)Nc1c(C)nn(C)c1C. The minimum atomic E-state index is -0.582. The lowest BCUT2D eigenvalue weighted by molar-refractivity contribution is -0.119. The molecule has 0 aliphatic carbocycles. The number of carbonyl (C=O) groups is 2. The quantitative estimate of drug-likeness (QED) is 0.831. The highest BCUT2D eigenvalue weighted by Gasteiger charge is 2.19. The first-order chi connectivity index (χ1) is 10.4. The summed E-state index contributed by atoms with van der Waals surface area (Å²) in [5, 5.41) is 10.7. The third-order valence-electron chi connectivity index (χ3n) is 3.18. The summed E-state index contributed by atoms with van der Waals surface area (Å²) in [4.78, 5) is 24.1. The van der Waals surface area contributed by atoms with Crippen LogP contribution in [-0.4, -0.2) is 37.9 Å². The molecule has 0 unspecified atom stereocenters. The summed E-state index contributed by atoms with van der Waals surface area (Å²) in [5.74, 6) is -0.996. The van der Waals surface area contributed by atoms with E-state index in [1.54, 1.807) is 18.7 Å². The Morgan fingerprint density at radius 2 is 2.09 bits per heavy atom. The molecule has 2 aromatic rings. The average Bonchev–Trinajstić information content (AvgIpc) is 3.05. The predicted octanol–water partition coefficient (Wildman–Crippen LogP) is 1.25. The molecule has 0 bridgehead atoms. The molecule has 0 fully saturated rings. The van der Waals surface area contributed by atoms with Crippen molar-refractivity contribution in [2.75, 3.05) is 11.9 Å². The number of anilines is 1. The van der Waals surface area contributed by atoms with E-state index < -0.39 is 11.9 Å². The molecule has 0 saturated heterocycles. The van der Waals surface area contributed by atoms with E-state index in [2.05, 4.69) is 20.0 Å². The van der Waals surface area contributed by atoms with E-state index in [4.69, 9.17) is 4.74 Å². The summed E-state index contributed by atoms with van der Waals surface area (Å²) in [6, 6.07) is 0. The Labute approximate surface area is 131 Å². The van der Waals surface area contributed by atoms with Crippen molar-refractivity contribution in [2.45, 2.75) is 27.2 Å². The highest BCUT2D eigenvalue weighted by atomic mass is 32.1. The van der Waals surface area contributed by atoms with Gasteiger partial charge in [-0.3, -0.25) is 9.48 Å². The first-order valence-electron chi connectivity index (χ1n) is 6.72. The summed E-state index contributed by atoms with van der Waals surface area (Å²) in [6.45, 7) is 5.14. The highest BCUT2D eigenvalue weighted by molar-refractivity contribution is 7.07. The van der Waals surface area contributed by atoms with Crippen LogP contribution in [0.2, 0.25) is 0 Å². The van der Waals surface area contributed by atoms with Gasteiger partial charge < -0.3 is 10.1 Å². The number of aromatic nitrogens is 4. The summed E-state index contributed by atoms with van der Waals surface area (Å²) in [7, 11) is 1.79. The number of nitrogens with zero attached hydrogens (tertiary/aromatic N) is 4. The molecule has 1 N–H and O–H groups in total. The van der Waals surface area contributed by atoms with E-state index in [-0.39, 0.29) is 6.61 Å². The van der Waals surface area contributed by atoms with Crippen LogP contribution in [0.3, 0.4) is 0 Å². The first kappa shape index (κ1) is 16.1. The van der Waals surface area contributed by atoms with Crippen molar-refractivity contribution in [1.29, 1.82) is 0 Å². The van der Waals surface area contributed by atoms with Crippen molar-refractivity contribution in [3.63, 3.8) is 0 Å². The fourth-order valence-electron chi connectivity index (χ4n) is 1.92. The minimum absolute atomic E-state index is 0.337. The van der Waals surface area contributed by atoms with Crippen LogP contribution in [0.25, 0.3) is 0 Å². The van der Waals surface area contributed by atoms with Crippen molar-refractivity contribution < 1.29 is 14.3 Å². The van der Waals surface area contributed by atoms with Crippen LogP contribution in [0.4, 0.5) is 5.69 Å². The second-order valence-electron chi connectivity index (χ2n) is 4.70. The van der Waals surface area contributed by atoms with Gasteiger partial charge >= 0.3 is 5.97 Å². The van der Waals surface area contributed by atoms with Crippen molar-refractivity contribution in [3.8, 4) is 0 Å². The molecule has 0 aliphatic rings. The van der Waals surface area contributed by atoms with Crippen LogP contribution < -0.4 is 5.32 Å². The maximum Gasteiger partial charge on any atom is 0.352 e. The van der Waals surface area contributed by atoms with Gasteiger partial charge in [-0.05, 0) is 31.8 Å². The molecular formula is C13H17N5O3S. The number of hydrogen-bond acceptors (Lipinski definition) is 7. The maximum absolute atomic E-state index is 11.9. The smallest absolute Gasteiger partial charge is 0.352 e. The molecular weight excluding hydrogens is 306 g/mol. The van der Waals surface area contributed by atoms with Gasteiger partial charge in [0.05, 0.1) is 22.8 Å². The Morgan fingerprint density at radius 1 is 1.36 bits per heavy atom. The zero-order valence-electron chi connectivity index (χ0n) is 12.8. The number of nitrogens with one attached hydrogen (secondary N) is 1. The topological polar surface area (TPSA) is 99.0 Å². The second kappa shape index (κ2) is 6.65. The molecule has 2 aromatic heterocycles. The number of hydrogen-bond donors (Lipinski definition) is 1. The maximum atomic E-state index is 11.9. The summed E-state index contributed by atoms with van der Waals surface area (Å²) >= 11 is 0.965. The molecule has 0 atom stereocenters. The lowest BCUT2D eigenvalue weighted by atomic mass is 10.3. The van der Waals surface area contributed by atoms with E-state index >= 15 is 0 Å². The zero-order chi connectivity index (χ0) is 16.3. The van der Waals surface area contributed by atoms with Gasteiger partial charge in [0.2, 0.25) is 0 Å². The number of ether oxygens (including phenoxy) is 1. The Morgan fingerprint density at radius 3 is 2.68 bits per heavy atom. The lowest BCUT2D eigenvalue weighted by Crippen LogP contribution is -2.21. The molecule has 2 rings (SSSR count). The molecule has 0 radical (unpaired) electrons. The Balaban J connectivity index is 1.94. The van der Waals surface area contributed by atoms with Gasteiger partial charge in [-0.15, -0.1) is 5.10 Å².